The number of rotatable bonds is 6. The lowest BCUT2D eigenvalue weighted by atomic mass is 9.95. The molecule has 2 aromatic carbocycles. The molecule has 7 nitrogen and oxygen atoms in total. The van der Waals surface area contributed by atoms with Crippen LogP contribution in [0.25, 0.3) is 5.76 Å². The molecule has 1 aliphatic rings. The quantitative estimate of drug-likeness (QED) is 0.302. The lowest BCUT2D eigenvalue weighted by Crippen LogP contribution is -2.29. The van der Waals surface area contributed by atoms with Crippen LogP contribution in [0.3, 0.4) is 0 Å². The number of aliphatic hydroxyl groups is 1. The van der Waals surface area contributed by atoms with Crippen molar-refractivity contribution in [3.8, 4) is 11.5 Å². The van der Waals surface area contributed by atoms with Crippen molar-refractivity contribution < 1.29 is 24.2 Å². The van der Waals surface area contributed by atoms with E-state index in [2.05, 4.69) is 4.98 Å². The van der Waals surface area contributed by atoms with Crippen molar-refractivity contribution in [1.29, 1.82) is 0 Å². The minimum atomic E-state index is -0.899. The van der Waals surface area contributed by atoms with E-state index in [9.17, 15) is 14.7 Å². The third-order valence-corrected chi connectivity index (χ3v) is 5.80. The molecule has 3 aromatic rings. The Morgan fingerprint density at radius 1 is 1.15 bits per heavy atom. The summed E-state index contributed by atoms with van der Waals surface area (Å²) in [5, 5.41) is 11.7. The lowest BCUT2D eigenvalue weighted by Gasteiger charge is -2.26. The number of ether oxygens (including phenoxy) is 2. The van der Waals surface area contributed by atoms with Gasteiger partial charge in [-0.05, 0) is 61.4 Å². The maximum absolute atomic E-state index is 13.3. The van der Waals surface area contributed by atoms with Crippen molar-refractivity contribution in [1.82, 2.24) is 4.98 Å². The number of methoxy groups -OCH3 is 1. The third-order valence-electron chi connectivity index (χ3n) is 5.52. The van der Waals surface area contributed by atoms with Gasteiger partial charge < -0.3 is 14.6 Å². The van der Waals surface area contributed by atoms with Crippen LogP contribution in [-0.2, 0) is 9.59 Å². The van der Waals surface area contributed by atoms with E-state index in [-0.39, 0.29) is 27.7 Å². The van der Waals surface area contributed by atoms with Crippen LogP contribution in [0.2, 0.25) is 5.02 Å². The average molecular weight is 479 g/mol. The predicted octanol–water partition coefficient (Wildman–Crippen LogP) is 5.08. The summed E-state index contributed by atoms with van der Waals surface area (Å²) in [4.78, 5) is 32.1. The number of halogens is 1. The molecule has 0 saturated carbocycles. The van der Waals surface area contributed by atoms with Crippen molar-refractivity contribution >= 4 is 34.7 Å². The number of anilines is 1. The predicted molar refractivity (Wildman–Crippen MR) is 129 cm³/mol. The Kier molecular flexibility index (Phi) is 6.56. The Balaban J connectivity index is 1.97. The van der Waals surface area contributed by atoms with Gasteiger partial charge in [0.2, 0.25) is 0 Å². The maximum Gasteiger partial charge on any atom is 0.300 e. The molecule has 1 fully saturated rings. The summed E-state index contributed by atoms with van der Waals surface area (Å²) in [6, 6.07) is 12.8. The van der Waals surface area contributed by atoms with E-state index in [0.717, 1.165) is 5.56 Å². The molecule has 0 spiro atoms. The number of hydrogen-bond acceptors (Lipinski definition) is 6. The highest BCUT2D eigenvalue weighted by Crippen LogP contribution is 2.44. The molecular formula is C26H23ClN2O5. The summed E-state index contributed by atoms with van der Waals surface area (Å²) < 4.78 is 11.0. The number of Topliss-reactive ketones (excluding diaryl/α,β-unsaturated/α-hetero) is 1. The van der Waals surface area contributed by atoms with Crippen LogP contribution in [0.5, 0.6) is 11.5 Å². The number of nitrogens with zero attached hydrogens (tertiary/aromatic N) is 2. The van der Waals surface area contributed by atoms with Crippen LogP contribution in [0.1, 0.15) is 29.7 Å². The second-order valence-electron chi connectivity index (χ2n) is 7.71. The number of carbonyl (C=O) groups excluding carboxylic acids is 2. The van der Waals surface area contributed by atoms with Crippen LogP contribution in [0.15, 0.2) is 66.5 Å². The van der Waals surface area contributed by atoms with Gasteiger partial charge in [-0.1, -0.05) is 17.7 Å². The summed E-state index contributed by atoms with van der Waals surface area (Å²) in [7, 11) is 1.42. The van der Waals surface area contributed by atoms with Gasteiger partial charge in [-0.3, -0.25) is 19.5 Å². The molecule has 174 valence electrons. The van der Waals surface area contributed by atoms with Crippen LogP contribution in [0.4, 0.5) is 5.69 Å². The van der Waals surface area contributed by atoms with Gasteiger partial charge in [-0.25, -0.2) is 0 Å². The van der Waals surface area contributed by atoms with Crippen molar-refractivity contribution in [3.05, 3.63) is 88.2 Å². The minimum Gasteiger partial charge on any atom is -0.507 e. The van der Waals surface area contributed by atoms with Crippen LogP contribution >= 0.6 is 11.6 Å². The van der Waals surface area contributed by atoms with E-state index < -0.39 is 17.7 Å². The Morgan fingerprint density at radius 3 is 2.56 bits per heavy atom. The highest BCUT2D eigenvalue weighted by Gasteiger charge is 2.47. The first-order valence-electron chi connectivity index (χ1n) is 10.7. The summed E-state index contributed by atoms with van der Waals surface area (Å²) >= 11 is 6.33. The maximum atomic E-state index is 13.3. The largest absolute Gasteiger partial charge is 0.507 e. The Labute approximate surface area is 202 Å². The summed E-state index contributed by atoms with van der Waals surface area (Å²) in [6.45, 7) is 4.11. The molecule has 4 rings (SSSR count). The van der Waals surface area contributed by atoms with E-state index in [1.165, 1.54) is 12.0 Å². The second kappa shape index (κ2) is 9.57. The van der Waals surface area contributed by atoms with E-state index >= 15 is 0 Å². The Hall–Kier alpha value is -3.84. The van der Waals surface area contributed by atoms with Crippen molar-refractivity contribution in [2.45, 2.75) is 19.9 Å². The van der Waals surface area contributed by atoms with E-state index in [1.807, 2.05) is 6.92 Å². The Morgan fingerprint density at radius 2 is 1.88 bits per heavy atom. The first kappa shape index (κ1) is 23.3. The van der Waals surface area contributed by atoms with E-state index in [1.54, 1.807) is 67.8 Å². The highest BCUT2D eigenvalue weighted by molar-refractivity contribution is 6.51. The van der Waals surface area contributed by atoms with Crippen LogP contribution in [0, 0.1) is 6.92 Å². The highest BCUT2D eigenvalue weighted by atomic mass is 35.5. The summed E-state index contributed by atoms with van der Waals surface area (Å²) in [5.74, 6) is -1.19. The molecule has 1 N–H and O–H groups in total. The fourth-order valence-corrected chi connectivity index (χ4v) is 4.46. The zero-order valence-corrected chi connectivity index (χ0v) is 19.7. The van der Waals surface area contributed by atoms with Gasteiger partial charge >= 0.3 is 0 Å². The first-order valence-corrected chi connectivity index (χ1v) is 11.0. The molecule has 34 heavy (non-hydrogen) atoms. The van der Waals surface area contributed by atoms with Gasteiger partial charge in [0.25, 0.3) is 11.7 Å². The van der Waals surface area contributed by atoms with E-state index in [0.29, 0.717) is 23.6 Å². The first-order chi connectivity index (χ1) is 16.4. The van der Waals surface area contributed by atoms with Gasteiger partial charge in [-0.15, -0.1) is 0 Å². The smallest absolute Gasteiger partial charge is 0.300 e. The number of pyridine rings is 1. The minimum absolute atomic E-state index is 0.0713. The molecule has 1 aliphatic heterocycles. The van der Waals surface area contributed by atoms with Crippen LogP contribution in [-0.4, -0.2) is 35.5 Å². The molecule has 1 aromatic heterocycles. The molecule has 1 unspecified atom stereocenters. The van der Waals surface area contributed by atoms with E-state index in [4.69, 9.17) is 21.1 Å². The van der Waals surface area contributed by atoms with Crippen molar-refractivity contribution in [2.75, 3.05) is 18.6 Å². The molecule has 0 aliphatic carbocycles. The number of hydrogen-bond donors (Lipinski definition) is 1. The SMILES string of the molecule is CCOc1cccc(N2C(=O)C(=O)/C(=C(/O)c3cc(C)cc(Cl)c3OC)C2c2ccncc2)c1. The van der Waals surface area contributed by atoms with Crippen LogP contribution < -0.4 is 14.4 Å². The topological polar surface area (TPSA) is 89.0 Å². The standard InChI is InChI=1S/C26H23ClN2O5/c1-4-34-18-7-5-6-17(14-18)29-22(16-8-10-28-11-9-16)21(24(31)26(29)32)23(30)19-12-15(2)13-20(27)25(19)33-3/h5-14,22,30H,4H2,1-3H3/b23-21+. The molecule has 2 heterocycles. The molecule has 0 bridgehead atoms. The Bertz CT molecular complexity index is 1290. The second-order valence-corrected chi connectivity index (χ2v) is 8.11. The van der Waals surface area contributed by atoms with Gasteiger partial charge in [0, 0.05) is 24.1 Å². The van der Waals surface area contributed by atoms with Gasteiger partial charge in [0.1, 0.15) is 17.3 Å². The fourth-order valence-electron chi connectivity index (χ4n) is 4.11. The summed E-state index contributed by atoms with van der Waals surface area (Å²) in [5.41, 5.74) is 1.98. The normalized spacial score (nSPS) is 17.2. The fraction of sp³-hybridized carbons (Fsp3) is 0.192. The zero-order chi connectivity index (χ0) is 24.4. The van der Waals surface area contributed by atoms with Crippen molar-refractivity contribution in [3.63, 3.8) is 0 Å². The zero-order valence-electron chi connectivity index (χ0n) is 18.9. The number of ketones is 1. The number of aryl methyl sites for hydroxylation is 1. The third kappa shape index (κ3) is 4.10. The average Bonchev–Trinajstić information content (AvgIpc) is 3.09. The monoisotopic (exact) mass is 478 g/mol. The number of carbonyl (C=O) groups is 2. The summed E-state index contributed by atoms with van der Waals surface area (Å²) in [6.07, 6.45) is 3.13. The molecule has 1 amide bonds. The van der Waals surface area contributed by atoms with Gasteiger partial charge in [0.15, 0.2) is 0 Å². The molecule has 1 atom stereocenters. The molecular weight excluding hydrogens is 456 g/mol. The van der Waals surface area contributed by atoms with Gasteiger partial charge in [0.05, 0.1) is 35.9 Å². The lowest BCUT2D eigenvalue weighted by molar-refractivity contribution is -0.132. The number of aliphatic hydroxyl groups excluding tert-OH is 1. The number of amides is 1. The van der Waals surface area contributed by atoms with Crippen molar-refractivity contribution in [2.24, 2.45) is 0 Å². The molecule has 8 heteroatoms. The molecule has 0 radical (unpaired) electrons. The molecule has 1 saturated heterocycles. The number of benzene rings is 2. The number of aromatic nitrogens is 1. The van der Waals surface area contributed by atoms with Gasteiger partial charge in [-0.2, -0.15) is 0 Å².